The van der Waals surface area contributed by atoms with Crippen LogP contribution in [0.4, 0.5) is 13.2 Å². The van der Waals surface area contributed by atoms with Crippen LogP contribution in [0.15, 0.2) is 18.3 Å². The number of nitrogens with one attached hydrogen (secondary N) is 1. The number of aromatic nitrogens is 2. The molecule has 0 saturated heterocycles. The van der Waals surface area contributed by atoms with Gasteiger partial charge in [-0.2, -0.15) is 13.2 Å². The first-order valence-corrected chi connectivity index (χ1v) is 14.2. The summed E-state index contributed by atoms with van der Waals surface area (Å²) >= 11 is 0. The minimum Gasteiger partial charge on any atom is -0.326 e. The second-order valence-corrected chi connectivity index (χ2v) is 10.0. The molecule has 0 amide bonds. The number of hydrogen-bond donors (Lipinski definition) is 1. The van der Waals surface area contributed by atoms with E-state index in [4.69, 9.17) is 4.98 Å². The van der Waals surface area contributed by atoms with E-state index in [9.17, 15) is 13.2 Å². The smallest absolute Gasteiger partial charge is 0.326 e. The fourth-order valence-corrected chi connectivity index (χ4v) is 4.71. The lowest BCUT2D eigenvalue weighted by Gasteiger charge is -2.09. The fourth-order valence-electron chi connectivity index (χ4n) is 4.71. The van der Waals surface area contributed by atoms with Crippen LogP contribution in [0.25, 0.3) is 11.0 Å². The first-order valence-electron chi connectivity index (χ1n) is 14.2. The summed E-state index contributed by atoms with van der Waals surface area (Å²) in [6.07, 6.45) is 16.3. The summed E-state index contributed by atoms with van der Waals surface area (Å²) < 4.78 is 38.7. The molecule has 0 fully saturated rings. The first-order chi connectivity index (χ1) is 16.9. The zero-order valence-electron chi connectivity index (χ0n) is 22.2. The van der Waals surface area contributed by atoms with Gasteiger partial charge in [0.15, 0.2) is 0 Å². The van der Waals surface area contributed by atoms with E-state index in [-0.39, 0.29) is 6.42 Å². The van der Waals surface area contributed by atoms with Crippen molar-refractivity contribution in [1.82, 2.24) is 9.66 Å². The Balaban J connectivity index is 1.67. The molecule has 0 aliphatic carbocycles. The Morgan fingerprint density at radius 3 is 2.00 bits per heavy atom. The minimum absolute atomic E-state index is 0.265. The van der Waals surface area contributed by atoms with Crippen LogP contribution in [0.5, 0.6) is 0 Å². The van der Waals surface area contributed by atoms with Crippen molar-refractivity contribution < 1.29 is 13.2 Å². The molecule has 0 bridgehead atoms. The van der Waals surface area contributed by atoms with Gasteiger partial charge in [-0.05, 0) is 49.8 Å². The number of halogens is 3. The summed E-state index contributed by atoms with van der Waals surface area (Å²) in [5.74, 6) is 0. The van der Waals surface area contributed by atoms with Crippen molar-refractivity contribution in [1.29, 1.82) is 0 Å². The highest BCUT2D eigenvalue weighted by atomic mass is 19.4. The van der Waals surface area contributed by atoms with E-state index >= 15 is 0 Å². The molecule has 2 rings (SSSR count). The standard InChI is InChI=1S/C29H48F3N3/c1-3-5-6-7-8-12-15-18-23-33-35-24-25(4-2)28-27(35)21-20-26(34-28)19-16-13-10-9-11-14-17-22-29(30,31)32/h20-21,24,33H,3-19,22-23H2,1-2H3. The molecule has 1 N–H and O–H groups in total. The average Bonchev–Trinajstić information content (AvgIpc) is 3.18. The zero-order chi connectivity index (χ0) is 25.4. The molecule has 0 aliphatic heterocycles. The normalized spacial score (nSPS) is 12.0. The van der Waals surface area contributed by atoms with Crippen LogP contribution < -0.4 is 5.43 Å². The van der Waals surface area contributed by atoms with Crippen LogP contribution >= 0.6 is 0 Å². The molecule has 2 aromatic heterocycles. The molecule has 3 nitrogen and oxygen atoms in total. The van der Waals surface area contributed by atoms with E-state index in [0.717, 1.165) is 68.2 Å². The Bertz CT molecular complexity index is 813. The molecule has 200 valence electrons. The number of aryl methyl sites for hydroxylation is 2. The third kappa shape index (κ3) is 12.2. The number of fused-ring (bicyclic) bond motifs is 1. The van der Waals surface area contributed by atoms with Crippen molar-refractivity contribution in [3.8, 4) is 0 Å². The number of pyridine rings is 1. The van der Waals surface area contributed by atoms with Gasteiger partial charge < -0.3 is 5.43 Å². The predicted molar refractivity (Wildman–Crippen MR) is 143 cm³/mol. The molecule has 0 spiro atoms. The van der Waals surface area contributed by atoms with E-state index in [1.807, 2.05) is 0 Å². The fraction of sp³-hybridized carbons (Fsp3) is 0.759. The molecular formula is C29H48F3N3. The predicted octanol–water partition coefficient (Wildman–Crippen LogP) is 9.51. The molecule has 35 heavy (non-hydrogen) atoms. The van der Waals surface area contributed by atoms with Crippen molar-refractivity contribution >= 4 is 11.0 Å². The molecule has 0 aliphatic rings. The molecule has 2 aromatic rings. The van der Waals surface area contributed by atoms with Crippen LogP contribution in [0.2, 0.25) is 0 Å². The topological polar surface area (TPSA) is 29.9 Å². The summed E-state index contributed by atoms with van der Waals surface area (Å²) in [6.45, 7) is 5.43. The number of nitrogens with zero attached hydrogens (tertiary/aromatic N) is 2. The van der Waals surface area contributed by atoms with Gasteiger partial charge in [-0.15, -0.1) is 0 Å². The summed E-state index contributed by atoms with van der Waals surface area (Å²) in [5.41, 5.74) is 8.26. The van der Waals surface area contributed by atoms with Crippen LogP contribution in [0, 0.1) is 0 Å². The molecule has 0 saturated carbocycles. The average molecular weight is 496 g/mol. The maximum atomic E-state index is 12.2. The van der Waals surface area contributed by atoms with Gasteiger partial charge in [-0.25, -0.2) is 0 Å². The Morgan fingerprint density at radius 1 is 0.771 bits per heavy atom. The lowest BCUT2D eigenvalue weighted by atomic mass is 10.1. The van der Waals surface area contributed by atoms with Gasteiger partial charge in [-0.3, -0.25) is 9.66 Å². The molecule has 0 unspecified atom stereocenters. The van der Waals surface area contributed by atoms with Crippen LogP contribution in [-0.2, 0) is 12.8 Å². The maximum Gasteiger partial charge on any atom is 0.389 e. The van der Waals surface area contributed by atoms with Crippen molar-refractivity contribution in [3.63, 3.8) is 0 Å². The Kier molecular flexibility index (Phi) is 14.2. The summed E-state index contributed by atoms with van der Waals surface area (Å²) in [7, 11) is 0. The second-order valence-electron chi connectivity index (χ2n) is 10.0. The highest BCUT2D eigenvalue weighted by molar-refractivity contribution is 5.80. The Morgan fingerprint density at radius 2 is 1.37 bits per heavy atom. The Hall–Kier alpha value is -1.72. The van der Waals surface area contributed by atoms with E-state index in [1.54, 1.807) is 0 Å². The largest absolute Gasteiger partial charge is 0.389 e. The highest BCUT2D eigenvalue weighted by Gasteiger charge is 2.25. The zero-order valence-corrected chi connectivity index (χ0v) is 22.2. The van der Waals surface area contributed by atoms with Crippen molar-refractivity contribution in [2.24, 2.45) is 0 Å². The highest BCUT2D eigenvalue weighted by Crippen LogP contribution is 2.24. The van der Waals surface area contributed by atoms with E-state index in [1.165, 1.54) is 56.9 Å². The van der Waals surface area contributed by atoms with Gasteiger partial charge in [0, 0.05) is 24.9 Å². The number of hydrogen-bond acceptors (Lipinski definition) is 2. The van der Waals surface area contributed by atoms with E-state index in [2.05, 4.69) is 42.3 Å². The summed E-state index contributed by atoms with van der Waals surface area (Å²) in [6, 6.07) is 4.34. The van der Waals surface area contributed by atoms with Gasteiger partial charge in [0.05, 0.1) is 11.0 Å². The lowest BCUT2D eigenvalue weighted by molar-refractivity contribution is -0.135. The van der Waals surface area contributed by atoms with Gasteiger partial charge in [0.25, 0.3) is 0 Å². The van der Waals surface area contributed by atoms with Crippen molar-refractivity contribution in [2.75, 3.05) is 12.0 Å². The molecule has 0 aromatic carbocycles. The monoisotopic (exact) mass is 495 g/mol. The maximum absolute atomic E-state index is 12.2. The lowest BCUT2D eigenvalue weighted by Crippen LogP contribution is -2.14. The van der Waals surface area contributed by atoms with Gasteiger partial charge in [-0.1, -0.05) is 90.9 Å². The van der Waals surface area contributed by atoms with Crippen LogP contribution in [0.1, 0.15) is 128 Å². The number of alkyl halides is 3. The van der Waals surface area contributed by atoms with Crippen molar-refractivity contribution in [3.05, 3.63) is 29.6 Å². The van der Waals surface area contributed by atoms with E-state index < -0.39 is 12.6 Å². The third-order valence-electron chi connectivity index (χ3n) is 6.87. The SMILES string of the molecule is CCCCCCCCCCNn1cc(CC)c2nc(CCCCCCCCCC(F)(F)F)ccc21. The quantitative estimate of drug-likeness (QED) is 0.185. The molecule has 0 radical (unpaired) electrons. The van der Waals surface area contributed by atoms with E-state index in [0.29, 0.717) is 6.42 Å². The first kappa shape index (κ1) is 29.5. The molecule has 6 heteroatoms. The van der Waals surface area contributed by atoms with Crippen LogP contribution in [0.3, 0.4) is 0 Å². The molecule has 0 atom stereocenters. The second kappa shape index (κ2) is 16.9. The summed E-state index contributed by atoms with van der Waals surface area (Å²) in [4.78, 5) is 4.97. The van der Waals surface area contributed by atoms with Gasteiger partial charge in [0.1, 0.15) is 0 Å². The number of unbranched alkanes of at least 4 members (excludes halogenated alkanes) is 13. The summed E-state index contributed by atoms with van der Waals surface area (Å²) in [5, 5.41) is 0. The molecular weight excluding hydrogens is 447 g/mol. The number of rotatable bonds is 20. The minimum atomic E-state index is -4.00. The molecule has 2 heterocycles. The van der Waals surface area contributed by atoms with Gasteiger partial charge >= 0.3 is 6.18 Å². The van der Waals surface area contributed by atoms with Crippen LogP contribution in [-0.4, -0.2) is 22.4 Å². The Labute approximate surface area is 211 Å². The third-order valence-corrected chi connectivity index (χ3v) is 6.87. The van der Waals surface area contributed by atoms with Gasteiger partial charge in [0.2, 0.25) is 0 Å². The van der Waals surface area contributed by atoms with Crippen molar-refractivity contribution in [2.45, 2.75) is 136 Å².